The van der Waals surface area contributed by atoms with E-state index >= 15 is 0 Å². The molecule has 1 rings (SSSR count). The van der Waals surface area contributed by atoms with E-state index in [2.05, 4.69) is 5.16 Å². The van der Waals surface area contributed by atoms with Crippen molar-refractivity contribution in [1.29, 1.82) is 0 Å². The number of rotatable bonds is 2. The summed E-state index contributed by atoms with van der Waals surface area (Å²) in [7, 11) is 0. The summed E-state index contributed by atoms with van der Waals surface area (Å²) in [4.78, 5) is 10.9. The lowest BCUT2D eigenvalue weighted by Gasteiger charge is -1.82. The molecule has 0 bridgehead atoms. The number of aromatic nitrogens is 1. The average molecular weight is 251 g/mol. The van der Waals surface area contributed by atoms with Gasteiger partial charge in [0, 0.05) is 6.07 Å². The van der Waals surface area contributed by atoms with Crippen molar-refractivity contribution >= 4 is 28.4 Å². The van der Waals surface area contributed by atoms with E-state index in [1.165, 1.54) is 0 Å². The zero-order valence-electron chi connectivity index (χ0n) is 5.43. The van der Waals surface area contributed by atoms with E-state index < -0.39 is 0 Å². The average Bonchev–Trinajstić information content (AvgIpc) is 2.34. The van der Waals surface area contributed by atoms with Crippen LogP contribution >= 0.6 is 22.6 Å². The lowest BCUT2D eigenvalue weighted by molar-refractivity contribution is 0.101. The summed E-state index contributed by atoms with van der Waals surface area (Å²) in [6, 6.07) is 1.64. The van der Waals surface area contributed by atoms with Crippen molar-refractivity contribution in [3.05, 3.63) is 17.5 Å². The number of Topliss-reactive ketones (excluding diaryl/α,β-unsaturated/α-hetero) is 1. The highest BCUT2D eigenvalue weighted by Crippen LogP contribution is 2.03. The second-order valence-electron chi connectivity index (χ2n) is 1.88. The Balaban J connectivity index is 2.85. The number of halogens is 1. The van der Waals surface area contributed by atoms with Gasteiger partial charge in [0.2, 0.25) is 0 Å². The minimum Gasteiger partial charge on any atom is -0.361 e. The number of alkyl halides is 1. The van der Waals surface area contributed by atoms with Crippen molar-refractivity contribution in [2.24, 2.45) is 0 Å². The monoisotopic (exact) mass is 251 g/mol. The molecule has 54 valence electrons. The summed E-state index contributed by atoms with van der Waals surface area (Å²) in [5.74, 6) is 0.686. The lowest BCUT2D eigenvalue weighted by Crippen LogP contribution is -1.98. The predicted molar refractivity (Wildman–Crippen MR) is 44.5 cm³/mol. The Labute approximate surface area is 71.9 Å². The molecule has 0 spiro atoms. The van der Waals surface area contributed by atoms with E-state index in [9.17, 15) is 4.79 Å². The maximum absolute atomic E-state index is 10.9. The van der Waals surface area contributed by atoms with Crippen LogP contribution in [-0.2, 0) is 0 Å². The van der Waals surface area contributed by atoms with Gasteiger partial charge in [0.15, 0.2) is 11.5 Å². The number of ketones is 1. The summed E-state index contributed by atoms with van der Waals surface area (Å²) in [5, 5.41) is 3.56. The van der Waals surface area contributed by atoms with E-state index in [-0.39, 0.29) is 5.78 Å². The summed E-state index contributed by atoms with van der Waals surface area (Å²) < 4.78 is 5.16. The minimum absolute atomic E-state index is 0.0115. The van der Waals surface area contributed by atoms with Crippen LogP contribution in [0.1, 0.15) is 16.2 Å². The van der Waals surface area contributed by atoms with Crippen LogP contribution in [-0.4, -0.2) is 15.4 Å². The normalized spacial score (nSPS) is 9.80. The molecule has 0 fully saturated rings. The van der Waals surface area contributed by atoms with Gasteiger partial charge in [-0.15, -0.1) is 0 Å². The van der Waals surface area contributed by atoms with Gasteiger partial charge >= 0.3 is 0 Å². The van der Waals surface area contributed by atoms with Crippen LogP contribution in [0, 0.1) is 6.92 Å². The van der Waals surface area contributed by atoms with Gasteiger partial charge in [-0.2, -0.15) is 0 Å². The van der Waals surface area contributed by atoms with Gasteiger partial charge < -0.3 is 4.52 Å². The van der Waals surface area contributed by atoms with Crippen LogP contribution in [0.25, 0.3) is 0 Å². The van der Waals surface area contributed by atoms with Crippen LogP contribution in [0.5, 0.6) is 0 Å². The third-order valence-electron chi connectivity index (χ3n) is 1.04. The van der Waals surface area contributed by atoms with Crippen LogP contribution in [0.4, 0.5) is 0 Å². The highest BCUT2D eigenvalue weighted by molar-refractivity contribution is 14.1. The van der Waals surface area contributed by atoms with Gasteiger partial charge in [0.25, 0.3) is 0 Å². The molecule has 10 heavy (non-hydrogen) atoms. The van der Waals surface area contributed by atoms with Crippen molar-refractivity contribution in [2.45, 2.75) is 6.92 Å². The van der Waals surface area contributed by atoms with E-state index in [4.69, 9.17) is 4.52 Å². The summed E-state index contributed by atoms with van der Waals surface area (Å²) in [6.45, 7) is 1.76. The standard InChI is InChI=1S/C6H6INO2/c1-4-2-5(8-10-4)6(9)3-7/h2H,3H2,1H3. The SMILES string of the molecule is Cc1cc(C(=O)CI)no1. The third kappa shape index (κ3) is 1.56. The first-order chi connectivity index (χ1) is 4.74. The molecule has 0 unspecified atom stereocenters. The van der Waals surface area contributed by atoms with E-state index in [1.807, 2.05) is 22.6 Å². The summed E-state index contributed by atoms with van der Waals surface area (Å²) >= 11 is 2.00. The molecule has 0 radical (unpaired) electrons. The van der Waals surface area contributed by atoms with E-state index in [1.54, 1.807) is 13.0 Å². The fourth-order valence-corrected chi connectivity index (χ4v) is 0.957. The van der Waals surface area contributed by atoms with Gasteiger partial charge in [-0.1, -0.05) is 27.7 Å². The molecule has 0 N–H and O–H groups in total. The number of hydrogen-bond acceptors (Lipinski definition) is 3. The Hall–Kier alpha value is -0.390. The van der Waals surface area contributed by atoms with E-state index in [0.717, 1.165) is 0 Å². The second-order valence-corrected chi connectivity index (χ2v) is 2.64. The first-order valence-corrected chi connectivity index (χ1v) is 4.29. The van der Waals surface area contributed by atoms with Gasteiger partial charge in [-0.05, 0) is 6.92 Å². The molecule has 0 aromatic carbocycles. The molecule has 3 nitrogen and oxygen atoms in total. The number of aryl methyl sites for hydroxylation is 1. The molecule has 0 atom stereocenters. The van der Waals surface area contributed by atoms with E-state index in [0.29, 0.717) is 15.9 Å². The van der Waals surface area contributed by atoms with Crippen LogP contribution in [0.15, 0.2) is 10.6 Å². The Morgan fingerprint density at radius 3 is 3.00 bits per heavy atom. The van der Waals surface area contributed by atoms with Crippen molar-refractivity contribution in [3.8, 4) is 0 Å². The molecule has 1 heterocycles. The van der Waals surface area contributed by atoms with Gasteiger partial charge in [-0.3, -0.25) is 4.79 Å². The molecule has 0 saturated carbocycles. The molecule has 4 heteroatoms. The fraction of sp³-hybridized carbons (Fsp3) is 0.333. The van der Waals surface area contributed by atoms with Gasteiger partial charge in [-0.25, -0.2) is 0 Å². The number of carbonyl (C=O) groups is 1. The minimum atomic E-state index is 0.0115. The maximum atomic E-state index is 10.9. The number of carbonyl (C=O) groups excluding carboxylic acids is 1. The molecular weight excluding hydrogens is 245 g/mol. The van der Waals surface area contributed by atoms with Crippen molar-refractivity contribution in [2.75, 3.05) is 4.43 Å². The Morgan fingerprint density at radius 2 is 2.60 bits per heavy atom. The van der Waals surface area contributed by atoms with Crippen molar-refractivity contribution in [1.82, 2.24) is 5.16 Å². The Morgan fingerprint density at radius 1 is 1.90 bits per heavy atom. The smallest absolute Gasteiger partial charge is 0.194 e. The largest absolute Gasteiger partial charge is 0.361 e. The van der Waals surface area contributed by atoms with Crippen molar-refractivity contribution < 1.29 is 9.32 Å². The first-order valence-electron chi connectivity index (χ1n) is 2.76. The zero-order chi connectivity index (χ0) is 7.56. The molecule has 1 aromatic rings. The van der Waals surface area contributed by atoms with Crippen LogP contribution < -0.4 is 0 Å². The number of nitrogens with zero attached hydrogens (tertiary/aromatic N) is 1. The first kappa shape index (κ1) is 7.71. The summed E-state index contributed by atoms with van der Waals surface area (Å²) in [5.41, 5.74) is 0.423. The zero-order valence-corrected chi connectivity index (χ0v) is 7.58. The Kier molecular flexibility index (Phi) is 2.42. The van der Waals surface area contributed by atoms with Gasteiger partial charge in [0.1, 0.15) is 5.76 Å². The second kappa shape index (κ2) is 3.14. The van der Waals surface area contributed by atoms with Gasteiger partial charge in [0.05, 0.1) is 4.43 Å². The molecule has 0 aliphatic heterocycles. The molecule has 0 saturated heterocycles. The highest BCUT2D eigenvalue weighted by Gasteiger charge is 2.07. The Bertz CT molecular complexity index is 244. The predicted octanol–water partition coefficient (Wildman–Crippen LogP) is 1.60. The molecule has 0 aliphatic carbocycles. The number of hydrogen-bond donors (Lipinski definition) is 0. The topological polar surface area (TPSA) is 43.1 Å². The maximum Gasteiger partial charge on any atom is 0.194 e. The third-order valence-corrected chi connectivity index (χ3v) is 1.73. The summed E-state index contributed by atoms with van der Waals surface area (Å²) in [6.07, 6.45) is 0. The fourth-order valence-electron chi connectivity index (χ4n) is 0.566. The molecule has 0 aliphatic rings. The highest BCUT2D eigenvalue weighted by atomic mass is 127. The van der Waals surface area contributed by atoms with Crippen LogP contribution in [0.3, 0.4) is 0 Å². The van der Waals surface area contributed by atoms with Crippen LogP contribution in [0.2, 0.25) is 0 Å². The van der Waals surface area contributed by atoms with Crippen molar-refractivity contribution in [3.63, 3.8) is 0 Å². The molecular formula is C6H6INO2. The quantitative estimate of drug-likeness (QED) is 0.455. The lowest BCUT2D eigenvalue weighted by atomic mass is 10.3. The molecule has 1 aromatic heterocycles. The molecule has 0 amide bonds.